The maximum absolute atomic E-state index is 5.70. The van der Waals surface area contributed by atoms with Gasteiger partial charge in [-0.3, -0.25) is 0 Å². The number of ether oxygens (including phenoxy) is 1. The number of aryl methyl sites for hydroxylation is 1. The Balaban J connectivity index is 1.56. The third-order valence-corrected chi connectivity index (χ3v) is 3.04. The molecule has 1 aliphatic rings. The Morgan fingerprint density at radius 2 is 2.06 bits per heavy atom. The van der Waals surface area contributed by atoms with Crippen molar-refractivity contribution >= 4 is 0 Å². The summed E-state index contributed by atoms with van der Waals surface area (Å²) in [7, 11) is 0. The Morgan fingerprint density at radius 3 is 2.82 bits per heavy atom. The Labute approximate surface area is 104 Å². The summed E-state index contributed by atoms with van der Waals surface area (Å²) in [5.74, 6) is 0. The molecule has 0 saturated carbocycles. The Kier molecular flexibility index (Phi) is 5.27. The molecule has 0 radical (unpaired) electrons. The maximum Gasteiger partial charge on any atom is 0.0677 e. The van der Waals surface area contributed by atoms with Gasteiger partial charge in [-0.1, -0.05) is 36.4 Å². The normalized spacial score (nSPS) is 15.6. The van der Waals surface area contributed by atoms with Crippen LogP contribution in [0.5, 0.6) is 0 Å². The van der Waals surface area contributed by atoms with Crippen LogP contribution in [0.25, 0.3) is 0 Å². The van der Waals surface area contributed by atoms with Gasteiger partial charge >= 0.3 is 0 Å². The lowest BCUT2D eigenvalue weighted by molar-refractivity contribution is 0.151. The van der Waals surface area contributed by atoms with Gasteiger partial charge in [0, 0.05) is 13.2 Å². The Bertz CT molecular complexity index is 345. The van der Waals surface area contributed by atoms with Crippen LogP contribution < -0.4 is 5.32 Å². The molecule has 0 amide bonds. The molecular weight excluding hydrogens is 210 g/mol. The highest BCUT2D eigenvalue weighted by Crippen LogP contribution is 2.06. The van der Waals surface area contributed by atoms with Gasteiger partial charge in [-0.05, 0) is 36.9 Å². The second-order valence-electron chi connectivity index (χ2n) is 4.46. The maximum atomic E-state index is 5.70. The van der Waals surface area contributed by atoms with Crippen molar-refractivity contribution in [3.63, 3.8) is 0 Å². The molecule has 1 N–H and O–H groups in total. The quantitative estimate of drug-likeness (QED) is 0.600. The summed E-state index contributed by atoms with van der Waals surface area (Å²) >= 11 is 0. The van der Waals surface area contributed by atoms with E-state index in [1.807, 2.05) is 0 Å². The molecule has 0 bridgehead atoms. The second kappa shape index (κ2) is 7.25. The molecule has 0 unspecified atom stereocenters. The number of nitrogens with one attached hydrogen (secondary N) is 1. The zero-order valence-electron chi connectivity index (χ0n) is 10.3. The highest BCUT2D eigenvalue weighted by Gasteiger charge is 2.02. The topological polar surface area (TPSA) is 21.3 Å². The predicted molar refractivity (Wildman–Crippen MR) is 71.2 cm³/mol. The van der Waals surface area contributed by atoms with E-state index in [9.17, 15) is 0 Å². The van der Waals surface area contributed by atoms with Gasteiger partial charge in [-0.25, -0.2) is 0 Å². The number of benzene rings is 1. The van der Waals surface area contributed by atoms with Crippen LogP contribution in [0.15, 0.2) is 42.0 Å². The van der Waals surface area contributed by atoms with Crippen LogP contribution in [0.4, 0.5) is 0 Å². The minimum atomic E-state index is 0.816. The van der Waals surface area contributed by atoms with Crippen LogP contribution in [0, 0.1) is 0 Å². The molecule has 0 aliphatic carbocycles. The zero-order chi connectivity index (χ0) is 11.8. The van der Waals surface area contributed by atoms with Gasteiger partial charge in [-0.15, -0.1) is 0 Å². The molecular formula is C15H21NO. The predicted octanol–water partition coefficient (Wildman–Crippen LogP) is 2.56. The van der Waals surface area contributed by atoms with E-state index in [4.69, 9.17) is 4.74 Å². The van der Waals surface area contributed by atoms with Gasteiger partial charge in [0.05, 0.1) is 6.61 Å². The summed E-state index contributed by atoms with van der Waals surface area (Å²) < 4.78 is 5.70. The van der Waals surface area contributed by atoms with Gasteiger partial charge in [0.1, 0.15) is 0 Å². The largest absolute Gasteiger partial charge is 0.377 e. The van der Waals surface area contributed by atoms with E-state index in [-0.39, 0.29) is 0 Å². The van der Waals surface area contributed by atoms with E-state index in [2.05, 4.69) is 41.7 Å². The summed E-state index contributed by atoms with van der Waals surface area (Å²) in [6, 6.07) is 10.6. The second-order valence-corrected chi connectivity index (χ2v) is 4.46. The van der Waals surface area contributed by atoms with Crippen molar-refractivity contribution in [2.24, 2.45) is 0 Å². The molecule has 0 aromatic heterocycles. The minimum absolute atomic E-state index is 0.816. The van der Waals surface area contributed by atoms with Gasteiger partial charge in [0.25, 0.3) is 0 Å². The number of hydrogen-bond acceptors (Lipinski definition) is 2. The summed E-state index contributed by atoms with van der Waals surface area (Å²) in [5, 5.41) is 3.31. The fraction of sp³-hybridized carbons (Fsp3) is 0.467. The molecule has 1 heterocycles. The average molecular weight is 231 g/mol. The number of hydrogen-bond donors (Lipinski definition) is 1. The summed E-state index contributed by atoms with van der Waals surface area (Å²) in [6.45, 7) is 3.78. The summed E-state index contributed by atoms with van der Waals surface area (Å²) in [4.78, 5) is 0. The third kappa shape index (κ3) is 4.72. The molecule has 1 aliphatic heterocycles. The van der Waals surface area contributed by atoms with Crippen molar-refractivity contribution in [3.8, 4) is 0 Å². The van der Waals surface area contributed by atoms with E-state index in [0.717, 1.165) is 45.6 Å². The first-order chi connectivity index (χ1) is 8.45. The molecule has 0 spiro atoms. The standard InChI is InChI=1S/C15H21NO/c1-2-5-14(6-3-1)7-4-12-17-13-15-8-10-16-11-9-15/h1-3,5-6,8,16H,4,7,9-13H2. The van der Waals surface area contributed by atoms with Crippen LogP contribution in [0.3, 0.4) is 0 Å². The van der Waals surface area contributed by atoms with E-state index < -0.39 is 0 Å². The molecule has 92 valence electrons. The van der Waals surface area contributed by atoms with Crippen molar-refractivity contribution in [2.45, 2.75) is 19.3 Å². The van der Waals surface area contributed by atoms with Crippen LogP contribution in [-0.2, 0) is 11.2 Å². The van der Waals surface area contributed by atoms with Crippen LogP contribution >= 0.6 is 0 Å². The van der Waals surface area contributed by atoms with E-state index in [1.54, 1.807) is 0 Å². The first-order valence-electron chi connectivity index (χ1n) is 6.45. The van der Waals surface area contributed by atoms with Crippen molar-refractivity contribution in [3.05, 3.63) is 47.5 Å². The molecule has 0 fully saturated rings. The average Bonchev–Trinajstić information content (AvgIpc) is 2.41. The fourth-order valence-corrected chi connectivity index (χ4v) is 2.03. The molecule has 0 saturated heterocycles. The van der Waals surface area contributed by atoms with Crippen molar-refractivity contribution in [1.29, 1.82) is 0 Å². The molecule has 2 nitrogen and oxygen atoms in total. The van der Waals surface area contributed by atoms with Crippen molar-refractivity contribution in [2.75, 3.05) is 26.3 Å². The third-order valence-electron chi connectivity index (χ3n) is 3.04. The Morgan fingerprint density at radius 1 is 1.18 bits per heavy atom. The van der Waals surface area contributed by atoms with Crippen LogP contribution in [-0.4, -0.2) is 26.3 Å². The SMILES string of the molecule is C1=C(COCCCc2ccccc2)CCNC1. The van der Waals surface area contributed by atoms with Crippen molar-refractivity contribution < 1.29 is 4.74 Å². The lowest BCUT2D eigenvalue weighted by atomic mass is 10.1. The summed E-state index contributed by atoms with van der Waals surface area (Å²) in [6.07, 6.45) is 5.61. The highest BCUT2D eigenvalue weighted by molar-refractivity contribution is 5.14. The molecule has 1 aromatic rings. The lowest BCUT2D eigenvalue weighted by Crippen LogP contribution is -2.22. The monoisotopic (exact) mass is 231 g/mol. The Hall–Kier alpha value is -1.12. The number of rotatable bonds is 6. The van der Waals surface area contributed by atoms with E-state index in [1.165, 1.54) is 11.1 Å². The van der Waals surface area contributed by atoms with E-state index >= 15 is 0 Å². The molecule has 2 heteroatoms. The first-order valence-corrected chi connectivity index (χ1v) is 6.45. The van der Waals surface area contributed by atoms with Crippen LogP contribution in [0.2, 0.25) is 0 Å². The summed E-state index contributed by atoms with van der Waals surface area (Å²) in [5.41, 5.74) is 2.85. The molecule has 2 rings (SSSR count). The van der Waals surface area contributed by atoms with E-state index in [0.29, 0.717) is 0 Å². The first kappa shape index (κ1) is 12.3. The smallest absolute Gasteiger partial charge is 0.0677 e. The van der Waals surface area contributed by atoms with Crippen LogP contribution in [0.1, 0.15) is 18.4 Å². The lowest BCUT2D eigenvalue weighted by Gasteiger charge is -2.14. The van der Waals surface area contributed by atoms with Gasteiger partial charge in [0.2, 0.25) is 0 Å². The minimum Gasteiger partial charge on any atom is -0.377 e. The molecule has 1 aromatic carbocycles. The van der Waals surface area contributed by atoms with Gasteiger partial charge in [-0.2, -0.15) is 0 Å². The van der Waals surface area contributed by atoms with Gasteiger partial charge < -0.3 is 10.1 Å². The highest BCUT2D eigenvalue weighted by atomic mass is 16.5. The molecule has 0 atom stereocenters. The fourth-order valence-electron chi connectivity index (χ4n) is 2.03. The van der Waals surface area contributed by atoms with Gasteiger partial charge in [0.15, 0.2) is 0 Å². The molecule has 17 heavy (non-hydrogen) atoms. The van der Waals surface area contributed by atoms with Crippen molar-refractivity contribution in [1.82, 2.24) is 5.32 Å². The zero-order valence-corrected chi connectivity index (χ0v) is 10.3.